The van der Waals surface area contributed by atoms with Crippen molar-refractivity contribution in [3.05, 3.63) is 29.8 Å². The molecule has 1 aromatic carbocycles. The Hall–Kier alpha value is -0.560. The van der Waals surface area contributed by atoms with E-state index in [9.17, 15) is 8.42 Å². The number of benzene rings is 1. The Bertz CT molecular complexity index is 518. The molecule has 21 heavy (non-hydrogen) atoms. The van der Waals surface area contributed by atoms with E-state index in [4.69, 9.17) is 0 Å². The first-order chi connectivity index (χ1) is 9.99. The Balaban J connectivity index is 2.71. The zero-order valence-corrected chi connectivity index (χ0v) is 14.7. The van der Waals surface area contributed by atoms with Crippen LogP contribution in [-0.4, -0.2) is 33.0 Å². The SMILES string of the molecule is CCCNCc1cccc(S(=O)(=O)NC(C)CCSC)c1. The molecule has 0 heterocycles. The summed E-state index contributed by atoms with van der Waals surface area (Å²) >= 11 is 1.72. The Kier molecular flexibility index (Phi) is 8.33. The molecule has 0 radical (unpaired) electrons. The van der Waals surface area contributed by atoms with Crippen LogP contribution in [0.2, 0.25) is 0 Å². The molecule has 2 N–H and O–H groups in total. The first kappa shape index (κ1) is 18.5. The number of rotatable bonds is 10. The minimum Gasteiger partial charge on any atom is -0.313 e. The predicted octanol–water partition coefficient (Wildman–Crippen LogP) is 2.61. The molecule has 0 aliphatic rings. The highest BCUT2D eigenvalue weighted by Gasteiger charge is 2.17. The molecule has 120 valence electrons. The van der Waals surface area contributed by atoms with Crippen LogP contribution >= 0.6 is 11.8 Å². The third-order valence-electron chi connectivity index (χ3n) is 3.08. The fraction of sp³-hybridized carbons (Fsp3) is 0.600. The molecule has 0 aromatic heterocycles. The largest absolute Gasteiger partial charge is 0.313 e. The highest BCUT2D eigenvalue weighted by molar-refractivity contribution is 7.98. The van der Waals surface area contributed by atoms with Crippen molar-refractivity contribution in [3.63, 3.8) is 0 Å². The van der Waals surface area contributed by atoms with Crippen molar-refractivity contribution >= 4 is 21.8 Å². The summed E-state index contributed by atoms with van der Waals surface area (Å²) in [7, 11) is -3.43. The first-order valence-corrected chi connectivity index (χ1v) is 10.2. The topological polar surface area (TPSA) is 58.2 Å². The third-order valence-corrected chi connectivity index (χ3v) is 5.31. The number of nitrogens with one attached hydrogen (secondary N) is 2. The molecular formula is C15H26N2O2S2. The van der Waals surface area contributed by atoms with Gasteiger partial charge in [0.1, 0.15) is 0 Å². The normalized spacial score (nSPS) is 13.3. The zero-order valence-electron chi connectivity index (χ0n) is 13.1. The van der Waals surface area contributed by atoms with Crippen LogP contribution in [0.1, 0.15) is 32.3 Å². The van der Waals surface area contributed by atoms with E-state index in [1.54, 1.807) is 30.0 Å². The second-order valence-electron chi connectivity index (χ2n) is 5.13. The predicted molar refractivity (Wildman–Crippen MR) is 91.2 cm³/mol. The highest BCUT2D eigenvalue weighted by atomic mass is 32.2. The Morgan fingerprint density at radius 2 is 2.10 bits per heavy atom. The minimum absolute atomic E-state index is 0.0516. The molecule has 0 spiro atoms. The van der Waals surface area contributed by atoms with Gasteiger partial charge in [-0.15, -0.1) is 0 Å². The molecule has 1 atom stereocenters. The summed E-state index contributed by atoms with van der Waals surface area (Å²) in [6, 6.07) is 7.08. The van der Waals surface area contributed by atoms with Gasteiger partial charge in [-0.3, -0.25) is 0 Å². The summed E-state index contributed by atoms with van der Waals surface area (Å²) in [5, 5.41) is 3.28. The van der Waals surface area contributed by atoms with Crippen LogP contribution in [0.5, 0.6) is 0 Å². The number of hydrogen-bond donors (Lipinski definition) is 2. The minimum atomic E-state index is -3.43. The van der Waals surface area contributed by atoms with Gasteiger partial charge in [0.2, 0.25) is 10.0 Å². The van der Waals surface area contributed by atoms with E-state index in [1.165, 1.54) is 0 Å². The van der Waals surface area contributed by atoms with Gasteiger partial charge in [0, 0.05) is 12.6 Å². The number of thioether (sulfide) groups is 1. The van der Waals surface area contributed by atoms with Crippen molar-refractivity contribution in [2.45, 2.75) is 44.2 Å². The lowest BCUT2D eigenvalue weighted by Gasteiger charge is -2.14. The maximum absolute atomic E-state index is 12.3. The molecule has 0 aliphatic heterocycles. The van der Waals surface area contributed by atoms with Crippen molar-refractivity contribution in [1.29, 1.82) is 0 Å². The van der Waals surface area contributed by atoms with Crippen LogP contribution in [0, 0.1) is 0 Å². The van der Waals surface area contributed by atoms with Crippen molar-refractivity contribution in [3.8, 4) is 0 Å². The molecule has 4 nitrogen and oxygen atoms in total. The fourth-order valence-corrected chi connectivity index (χ4v) is 3.86. The monoisotopic (exact) mass is 330 g/mol. The lowest BCUT2D eigenvalue weighted by atomic mass is 10.2. The average Bonchev–Trinajstić information content (AvgIpc) is 2.45. The zero-order chi connectivity index (χ0) is 15.7. The summed E-state index contributed by atoms with van der Waals surface area (Å²) < 4.78 is 27.4. The summed E-state index contributed by atoms with van der Waals surface area (Å²) in [5.74, 6) is 0.949. The highest BCUT2D eigenvalue weighted by Crippen LogP contribution is 2.13. The van der Waals surface area contributed by atoms with Crippen molar-refractivity contribution in [2.24, 2.45) is 0 Å². The third kappa shape index (κ3) is 6.82. The van der Waals surface area contributed by atoms with Crippen LogP contribution in [0.15, 0.2) is 29.2 Å². The number of hydrogen-bond acceptors (Lipinski definition) is 4. The molecule has 0 saturated heterocycles. The van der Waals surface area contributed by atoms with Gasteiger partial charge in [-0.2, -0.15) is 11.8 Å². The van der Waals surface area contributed by atoms with E-state index in [2.05, 4.69) is 17.0 Å². The van der Waals surface area contributed by atoms with E-state index in [0.717, 1.165) is 30.7 Å². The molecule has 0 saturated carbocycles. The fourth-order valence-electron chi connectivity index (χ4n) is 1.92. The summed E-state index contributed by atoms with van der Waals surface area (Å²) in [4.78, 5) is 0.342. The van der Waals surface area contributed by atoms with Crippen LogP contribution in [0.4, 0.5) is 0 Å². The summed E-state index contributed by atoms with van der Waals surface area (Å²) in [6.45, 7) is 5.63. The van der Waals surface area contributed by atoms with E-state index < -0.39 is 10.0 Å². The second-order valence-corrected chi connectivity index (χ2v) is 7.83. The van der Waals surface area contributed by atoms with Crippen molar-refractivity contribution in [1.82, 2.24) is 10.0 Å². The first-order valence-electron chi connectivity index (χ1n) is 7.30. The smallest absolute Gasteiger partial charge is 0.240 e. The van der Waals surface area contributed by atoms with E-state index in [-0.39, 0.29) is 6.04 Å². The molecule has 0 fully saturated rings. The lowest BCUT2D eigenvalue weighted by Crippen LogP contribution is -2.33. The van der Waals surface area contributed by atoms with Gasteiger partial charge in [-0.1, -0.05) is 19.1 Å². The van der Waals surface area contributed by atoms with Crippen LogP contribution in [0.25, 0.3) is 0 Å². The lowest BCUT2D eigenvalue weighted by molar-refractivity contribution is 0.557. The molecule has 0 aliphatic carbocycles. The van der Waals surface area contributed by atoms with Gasteiger partial charge in [-0.05, 0) is 56.0 Å². The van der Waals surface area contributed by atoms with Gasteiger partial charge < -0.3 is 5.32 Å². The van der Waals surface area contributed by atoms with Crippen LogP contribution in [-0.2, 0) is 16.6 Å². The second kappa shape index (κ2) is 9.46. The Morgan fingerprint density at radius 3 is 2.76 bits per heavy atom. The van der Waals surface area contributed by atoms with Crippen molar-refractivity contribution < 1.29 is 8.42 Å². The molecule has 1 rings (SSSR count). The van der Waals surface area contributed by atoms with Gasteiger partial charge >= 0.3 is 0 Å². The molecular weight excluding hydrogens is 304 g/mol. The van der Waals surface area contributed by atoms with Gasteiger partial charge in [-0.25, -0.2) is 13.1 Å². The molecule has 1 aromatic rings. The number of sulfonamides is 1. The van der Waals surface area contributed by atoms with Gasteiger partial charge in [0.05, 0.1) is 4.90 Å². The summed E-state index contributed by atoms with van der Waals surface area (Å²) in [6.07, 6.45) is 3.92. The molecule has 0 amide bonds. The van der Waals surface area contributed by atoms with E-state index in [1.807, 2.05) is 19.2 Å². The maximum Gasteiger partial charge on any atom is 0.240 e. The van der Waals surface area contributed by atoms with Crippen molar-refractivity contribution in [2.75, 3.05) is 18.6 Å². The summed E-state index contributed by atoms with van der Waals surface area (Å²) in [5.41, 5.74) is 0.989. The van der Waals surface area contributed by atoms with Gasteiger partial charge in [0.25, 0.3) is 0 Å². The van der Waals surface area contributed by atoms with Crippen LogP contribution < -0.4 is 10.0 Å². The molecule has 6 heteroatoms. The Labute approximate surface area is 133 Å². The molecule has 1 unspecified atom stereocenters. The average molecular weight is 331 g/mol. The quantitative estimate of drug-likeness (QED) is 0.648. The van der Waals surface area contributed by atoms with Crippen LogP contribution in [0.3, 0.4) is 0 Å². The molecule has 0 bridgehead atoms. The van der Waals surface area contributed by atoms with E-state index >= 15 is 0 Å². The maximum atomic E-state index is 12.3. The van der Waals surface area contributed by atoms with Gasteiger partial charge in [0.15, 0.2) is 0 Å². The van der Waals surface area contributed by atoms with E-state index in [0.29, 0.717) is 11.4 Å². The standard InChI is InChI=1S/C15H26N2O2S2/c1-4-9-16-12-14-6-5-7-15(11-14)21(18,19)17-13(2)8-10-20-3/h5-7,11,13,16-17H,4,8-10,12H2,1-3H3. The Morgan fingerprint density at radius 1 is 1.33 bits per heavy atom.